The van der Waals surface area contributed by atoms with Gasteiger partial charge in [-0.3, -0.25) is 0 Å². The molecule has 0 heterocycles. The molecule has 1 rings (SSSR count). The number of rotatable bonds is 2. The van der Waals surface area contributed by atoms with Crippen LogP contribution < -0.4 is 5.73 Å². The quantitative estimate of drug-likeness (QED) is 0.798. The Labute approximate surface area is 80.2 Å². The van der Waals surface area contributed by atoms with Crippen LogP contribution >= 0.6 is 12.4 Å². The van der Waals surface area contributed by atoms with E-state index in [9.17, 15) is 13.2 Å². The second-order valence-corrected chi connectivity index (χ2v) is 2.42. The highest BCUT2D eigenvalue weighted by molar-refractivity contribution is 5.85. The molecule has 1 aromatic rings. The minimum absolute atomic E-state index is 0. The van der Waals surface area contributed by atoms with Crippen molar-refractivity contribution in [1.29, 1.82) is 0 Å². The molecule has 0 unspecified atom stereocenters. The molecule has 0 amide bonds. The first-order valence-electron chi connectivity index (χ1n) is 3.40. The zero-order valence-electron chi connectivity index (χ0n) is 6.64. The van der Waals surface area contributed by atoms with Crippen LogP contribution in [-0.2, 0) is 5.92 Å². The van der Waals surface area contributed by atoms with E-state index in [0.29, 0.717) is 0 Å². The lowest BCUT2D eigenvalue weighted by Gasteiger charge is -2.13. The molecule has 0 radical (unpaired) electrons. The van der Waals surface area contributed by atoms with Gasteiger partial charge in [-0.25, -0.2) is 4.39 Å². The summed E-state index contributed by atoms with van der Waals surface area (Å²) in [6.07, 6.45) is 0. The maximum absolute atomic E-state index is 12.8. The van der Waals surface area contributed by atoms with Crippen LogP contribution in [0.2, 0.25) is 0 Å². The second kappa shape index (κ2) is 4.48. The van der Waals surface area contributed by atoms with Crippen LogP contribution in [0.5, 0.6) is 0 Å². The molecular formula is C8H9ClF3N. The minimum Gasteiger partial charge on any atom is -0.325 e. The van der Waals surface area contributed by atoms with Crippen LogP contribution in [0.4, 0.5) is 13.2 Å². The van der Waals surface area contributed by atoms with E-state index in [1.165, 1.54) is 0 Å². The van der Waals surface area contributed by atoms with Crippen molar-refractivity contribution in [1.82, 2.24) is 0 Å². The van der Waals surface area contributed by atoms with Crippen LogP contribution in [0.1, 0.15) is 5.56 Å². The molecule has 74 valence electrons. The molecule has 0 atom stereocenters. The van der Waals surface area contributed by atoms with Crippen molar-refractivity contribution in [3.63, 3.8) is 0 Å². The number of benzene rings is 1. The Morgan fingerprint density at radius 1 is 1.15 bits per heavy atom. The zero-order valence-corrected chi connectivity index (χ0v) is 7.45. The summed E-state index contributed by atoms with van der Waals surface area (Å²) in [6.45, 7) is -0.765. The Kier molecular flexibility index (Phi) is 4.23. The molecule has 0 aromatic heterocycles. The predicted octanol–water partition coefficient (Wildman–Crippen LogP) is 2.30. The van der Waals surface area contributed by atoms with E-state index in [0.717, 1.165) is 24.3 Å². The van der Waals surface area contributed by atoms with E-state index in [2.05, 4.69) is 0 Å². The third-order valence-corrected chi connectivity index (χ3v) is 1.52. The number of hydrogen-bond donors (Lipinski definition) is 1. The average Bonchev–Trinajstić information content (AvgIpc) is 2.05. The molecule has 1 nitrogen and oxygen atoms in total. The fraction of sp³-hybridized carbons (Fsp3) is 0.250. The number of halogens is 4. The molecule has 0 aliphatic carbocycles. The predicted molar refractivity (Wildman–Crippen MR) is 46.6 cm³/mol. The van der Waals surface area contributed by atoms with Gasteiger partial charge in [-0.05, 0) is 12.1 Å². The molecule has 0 spiro atoms. The Balaban J connectivity index is 0.00000144. The second-order valence-electron chi connectivity index (χ2n) is 2.42. The van der Waals surface area contributed by atoms with Crippen molar-refractivity contribution in [3.05, 3.63) is 35.6 Å². The molecule has 0 fully saturated rings. The molecule has 0 saturated heterocycles. The van der Waals surface area contributed by atoms with Crippen molar-refractivity contribution < 1.29 is 13.2 Å². The van der Waals surface area contributed by atoms with E-state index in [1.54, 1.807) is 0 Å². The normalized spacial score (nSPS) is 10.8. The van der Waals surface area contributed by atoms with E-state index in [-0.39, 0.29) is 18.0 Å². The maximum Gasteiger partial charge on any atom is 0.285 e. The molecule has 0 aliphatic rings. The van der Waals surface area contributed by atoms with Crippen LogP contribution in [0.3, 0.4) is 0 Å². The Morgan fingerprint density at radius 3 is 2.00 bits per heavy atom. The van der Waals surface area contributed by atoms with Gasteiger partial charge in [0.05, 0.1) is 6.54 Å². The monoisotopic (exact) mass is 211 g/mol. The maximum atomic E-state index is 12.8. The van der Waals surface area contributed by atoms with Gasteiger partial charge >= 0.3 is 0 Å². The van der Waals surface area contributed by atoms with Crippen LogP contribution in [0.15, 0.2) is 24.3 Å². The summed E-state index contributed by atoms with van der Waals surface area (Å²) in [5, 5.41) is 0. The van der Waals surface area contributed by atoms with Gasteiger partial charge in [0.25, 0.3) is 5.92 Å². The summed E-state index contributed by atoms with van der Waals surface area (Å²) in [7, 11) is 0. The van der Waals surface area contributed by atoms with Crippen LogP contribution in [0.25, 0.3) is 0 Å². The number of hydrogen-bond acceptors (Lipinski definition) is 1. The van der Waals surface area contributed by atoms with Gasteiger partial charge in [-0.2, -0.15) is 8.78 Å². The summed E-state index contributed by atoms with van der Waals surface area (Å²) in [5.74, 6) is -3.60. The lowest BCUT2D eigenvalue weighted by molar-refractivity contribution is 0.00590. The summed E-state index contributed by atoms with van der Waals surface area (Å²) < 4.78 is 37.8. The zero-order chi connectivity index (χ0) is 9.19. The third kappa shape index (κ3) is 2.90. The van der Waals surface area contributed by atoms with Crippen molar-refractivity contribution >= 4 is 12.4 Å². The highest BCUT2D eigenvalue weighted by atomic mass is 35.5. The summed E-state index contributed by atoms with van der Waals surface area (Å²) in [6, 6.07) is 4.03. The topological polar surface area (TPSA) is 26.0 Å². The number of nitrogens with two attached hydrogens (primary N) is 1. The first kappa shape index (κ1) is 12.3. The van der Waals surface area contributed by atoms with Crippen LogP contribution in [-0.4, -0.2) is 6.54 Å². The Hall–Kier alpha value is -0.740. The smallest absolute Gasteiger partial charge is 0.285 e. The minimum atomic E-state index is -3.06. The highest BCUT2D eigenvalue weighted by Crippen LogP contribution is 2.26. The molecule has 0 saturated carbocycles. The largest absolute Gasteiger partial charge is 0.325 e. The van der Waals surface area contributed by atoms with E-state index >= 15 is 0 Å². The molecule has 5 heteroatoms. The Bertz CT molecular complexity index is 261. The van der Waals surface area contributed by atoms with Crippen LogP contribution in [0, 0.1) is 5.82 Å². The molecular weight excluding hydrogens is 203 g/mol. The van der Waals surface area contributed by atoms with E-state index in [4.69, 9.17) is 5.73 Å². The highest BCUT2D eigenvalue weighted by Gasteiger charge is 2.28. The molecule has 13 heavy (non-hydrogen) atoms. The van der Waals surface area contributed by atoms with Crippen molar-refractivity contribution in [2.75, 3.05) is 6.54 Å². The fourth-order valence-electron chi connectivity index (χ4n) is 0.812. The van der Waals surface area contributed by atoms with Gasteiger partial charge in [-0.15, -0.1) is 12.4 Å². The van der Waals surface area contributed by atoms with Gasteiger partial charge in [0.2, 0.25) is 0 Å². The molecule has 2 N–H and O–H groups in total. The van der Waals surface area contributed by atoms with E-state index < -0.39 is 18.3 Å². The van der Waals surface area contributed by atoms with Gasteiger partial charge < -0.3 is 5.73 Å². The average molecular weight is 212 g/mol. The standard InChI is InChI=1S/C8H8F3N.ClH/c9-7-3-1-6(2-4-7)8(10,11)5-12;/h1-4H,5,12H2;1H. The van der Waals surface area contributed by atoms with Gasteiger partial charge in [0.15, 0.2) is 0 Å². The van der Waals surface area contributed by atoms with Crippen molar-refractivity contribution in [3.8, 4) is 0 Å². The summed E-state index contributed by atoms with van der Waals surface area (Å²) >= 11 is 0. The molecule has 0 aliphatic heterocycles. The SMILES string of the molecule is Cl.NCC(F)(F)c1ccc(F)cc1. The van der Waals surface area contributed by atoms with Gasteiger partial charge in [0, 0.05) is 5.56 Å². The molecule has 0 bridgehead atoms. The first-order chi connectivity index (χ1) is 5.56. The van der Waals surface area contributed by atoms with Gasteiger partial charge in [-0.1, -0.05) is 12.1 Å². The third-order valence-electron chi connectivity index (χ3n) is 1.52. The number of alkyl halides is 2. The van der Waals surface area contributed by atoms with Crippen molar-refractivity contribution in [2.45, 2.75) is 5.92 Å². The van der Waals surface area contributed by atoms with E-state index in [1.807, 2.05) is 0 Å². The summed E-state index contributed by atoms with van der Waals surface area (Å²) in [5.41, 5.74) is 4.57. The van der Waals surface area contributed by atoms with Crippen molar-refractivity contribution in [2.24, 2.45) is 5.73 Å². The molecule has 1 aromatic carbocycles. The lowest BCUT2D eigenvalue weighted by atomic mass is 10.1. The fourth-order valence-corrected chi connectivity index (χ4v) is 0.812. The lowest BCUT2D eigenvalue weighted by Crippen LogP contribution is -2.24. The first-order valence-corrected chi connectivity index (χ1v) is 3.40. The Morgan fingerprint density at radius 2 is 1.62 bits per heavy atom. The van der Waals surface area contributed by atoms with Gasteiger partial charge in [0.1, 0.15) is 5.82 Å². The summed E-state index contributed by atoms with van der Waals surface area (Å²) in [4.78, 5) is 0.